The number of phenolic OH excluding ortho intramolecular Hbond substituents is 1. The van der Waals surface area contributed by atoms with Crippen molar-refractivity contribution in [3.8, 4) is 22.6 Å². The first-order chi connectivity index (χ1) is 26.1. The molecule has 2 aliphatic heterocycles. The lowest BCUT2D eigenvalue weighted by molar-refractivity contribution is -0.146. The Kier molecular flexibility index (Phi) is 10.7. The van der Waals surface area contributed by atoms with Crippen molar-refractivity contribution in [2.24, 2.45) is 0 Å². The molecule has 0 saturated carbocycles. The quantitative estimate of drug-likeness (QED) is 0.142. The van der Waals surface area contributed by atoms with Crippen molar-refractivity contribution in [1.29, 1.82) is 0 Å². The van der Waals surface area contributed by atoms with Gasteiger partial charge in [-0.3, -0.25) is 14.5 Å². The predicted molar refractivity (Wildman–Crippen MR) is 208 cm³/mol. The van der Waals surface area contributed by atoms with Crippen molar-refractivity contribution in [3.05, 3.63) is 148 Å². The number of esters is 1. The number of nitrogens with zero attached hydrogens (tertiary/aromatic N) is 2. The van der Waals surface area contributed by atoms with Gasteiger partial charge < -0.3 is 24.8 Å². The predicted octanol–water partition coefficient (Wildman–Crippen LogP) is 7.59. The Morgan fingerprint density at radius 2 is 1.59 bits per heavy atom. The molecular formula is C44H42ClN3O6. The van der Waals surface area contributed by atoms with E-state index in [1.807, 2.05) is 78.9 Å². The lowest BCUT2D eigenvalue weighted by atomic mass is 9.88. The second kappa shape index (κ2) is 15.8. The van der Waals surface area contributed by atoms with Crippen molar-refractivity contribution < 1.29 is 29.0 Å². The third-order valence-corrected chi connectivity index (χ3v) is 10.7. The number of aromatic hydroxyl groups is 1. The summed E-state index contributed by atoms with van der Waals surface area (Å²) < 4.78 is 11.5. The van der Waals surface area contributed by atoms with Crippen LogP contribution in [0.2, 0.25) is 5.02 Å². The third kappa shape index (κ3) is 7.56. The molecule has 4 atom stereocenters. The van der Waals surface area contributed by atoms with E-state index < -0.39 is 24.2 Å². The van der Waals surface area contributed by atoms with Gasteiger partial charge in [0.15, 0.2) is 0 Å². The van der Waals surface area contributed by atoms with Crippen LogP contribution in [0.3, 0.4) is 0 Å². The fourth-order valence-electron chi connectivity index (χ4n) is 7.53. The van der Waals surface area contributed by atoms with Crippen molar-refractivity contribution in [1.82, 2.24) is 10.2 Å². The zero-order chi connectivity index (χ0) is 37.9. The Balaban J connectivity index is 1.18. The van der Waals surface area contributed by atoms with Gasteiger partial charge in [-0.2, -0.15) is 0 Å². The molecule has 54 heavy (non-hydrogen) atoms. The molecular weight excluding hydrogens is 702 g/mol. The molecule has 5 aromatic rings. The van der Waals surface area contributed by atoms with Crippen LogP contribution in [-0.4, -0.2) is 54.0 Å². The Bertz CT molecular complexity index is 2140. The molecule has 276 valence electrons. The van der Waals surface area contributed by atoms with Crippen molar-refractivity contribution >= 4 is 35.1 Å². The van der Waals surface area contributed by atoms with E-state index in [1.54, 1.807) is 24.1 Å². The van der Waals surface area contributed by atoms with Crippen LogP contribution in [-0.2, 0) is 38.5 Å². The number of phenols is 1. The summed E-state index contributed by atoms with van der Waals surface area (Å²) in [6.07, 6.45) is 0.477. The number of rotatable bonds is 10. The molecule has 1 unspecified atom stereocenters. The molecule has 0 saturated heterocycles. The second-order valence-corrected chi connectivity index (χ2v) is 14.2. The minimum Gasteiger partial charge on any atom is -0.508 e. The molecule has 9 nitrogen and oxygen atoms in total. The Morgan fingerprint density at radius 1 is 0.926 bits per heavy atom. The first-order valence-electron chi connectivity index (χ1n) is 18.1. The molecule has 0 radical (unpaired) electrons. The van der Waals surface area contributed by atoms with Gasteiger partial charge in [0.05, 0.1) is 18.8 Å². The first-order valence-corrected chi connectivity index (χ1v) is 18.4. The number of hydrogen-bond donors (Lipinski definition) is 2. The van der Waals surface area contributed by atoms with Gasteiger partial charge in [-0.15, -0.1) is 0 Å². The van der Waals surface area contributed by atoms with Crippen LogP contribution in [0.4, 0.5) is 5.69 Å². The Labute approximate surface area is 320 Å². The zero-order valence-electron chi connectivity index (χ0n) is 30.4. The summed E-state index contributed by atoms with van der Waals surface area (Å²) in [5, 5.41) is 13.5. The summed E-state index contributed by atoms with van der Waals surface area (Å²) in [7, 11) is 3.04. The van der Waals surface area contributed by atoms with Crippen LogP contribution in [0.1, 0.15) is 53.3 Å². The summed E-state index contributed by atoms with van der Waals surface area (Å²) in [4.78, 5) is 45.0. The smallest absolute Gasteiger partial charge is 0.328 e. The average Bonchev–Trinajstić information content (AvgIpc) is 3.19. The normalized spacial score (nSPS) is 17.8. The highest BCUT2D eigenvalue weighted by Crippen LogP contribution is 2.43. The molecule has 0 spiro atoms. The minimum atomic E-state index is -0.915. The van der Waals surface area contributed by atoms with Crippen molar-refractivity contribution in [3.63, 3.8) is 0 Å². The fraction of sp³-hybridized carbons (Fsp3) is 0.250. The molecule has 2 aliphatic rings. The molecule has 0 bridgehead atoms. The van der Waals surface area contributed by atoms with Crippen molar-refractivity contribution in [2.75, 3.05) is 19.1 Å². The number of carbonyl (C=O) groups is 3. The van der Waals surface area contributed by atoms with Crippen molar-refractivity contribution in [2.45, 2.75) is 57.0 Å². The molecule has 0 fully saturated rings. The number of hydrogen-bond acceptors (Lipinski definition) is 7. The zero-order valence-corrected chi connectivity index (χ0v) is 31.1. The van der Waals surface area contributed by atoms with E-state index in [-0.39, 0.29) is 30.0 Å². The van der Waals surface area contributed by atoms with Gasteiger partial charge in [-0.1, -0.05) is 97.4 Å². The number of amides is 2. The van der Waals surface area contributed by atoms with Crippen LogP contribution in [0.25, 0.3) is 11.1 Å². The maximum Gasteiger partial charge on any atom is 0.328 e. The highest BCUT2D eigenvalue weighted by Gasteiger charge is 2.40. The van der Waals surface area contributed by atoms with E-state index in [1.165, 1.54) is 19.2 Å². The first kappa shape index (κ1) is 36.7. The largest absolute Gasteiger partial charge is 0.508 e. The number of benzene rings is 5. The number of anilines is 1. The van der Waals surface area contributed by atoms with E-state index >= 15 is 0 Å². The maximum atomic E-state index is 14.5. The topological polar surface area (TPSA) is 108 Å². The molecule has 2 N–H and O–H groups in total. The molecule has 5 aromatic carbocycles. The molecule has 2 amide bonds. The molecule has 7 rings (SSSR count). The van der Waals surface area contributed by atoms with Gasteiger partial charge in [0.25, 0.3) is 5.91 Å². The van der Waals surface area contributed by atoms with Crippen LogP contribution in [0, 0.1) is 0 Å². The number of halogens is 1. The maximum absolute atomic E-state index is 14.5. The lowest BCUT2D eigenvalue weighted by Crippen LogP contribution is -2.55. The van der Waals surface area contributed by atoms with E-state index in [4.69, 9.17) is 21.1 Å². The standard InChI is InChI=1S/C44H42ClN3O6/c1-4-37(30-8-6-5-7-9-30)48-26-33-25-40-38(47(2)43(51)41(54-40)31-16-20-35(49)21-17-31)23-32(33)24-39(48)42(50)46-36(44(52)53-3)22-27-10-12-28(13-11-27)29-14-18-34(45)19-15-29/h5-21,23,25,36-37,39,41,49H,4,22,24,26H2,1-3H3,(H,46,50)/t36?,37-,39-,41-/m0/s1. The number of fused-ring (bicyclic) bond motifs is 2. The number of likely N-dealkylation sites (N-methyl/N-ethyl adjacent to an activating group) is 1. The summed E-state index contributed by atoms with van der Waals surface area (Å²) in [6, 6.07) is 34.3. The molecule has 10 heteroatoms. The highest BCUT2D eigenvalue weighted by molar-refractivity contribution is 6.30. The summed E-state index contributed by atoms with van der Waals surface area (Å²) >= 11 is 6.07. The lowest BCUT2D eigenvalue weighted by Gasteiger charge is -2.42. The van der Waals surface area contributed by atoms with Gasteiger partial charge in [-0.25, -0.2) is 4.79 Å². The van der Waals surface area contributed by atoms with Gasteiger partial charge in [0.2, 0.25) is 12.0 Å². The van der Waals surface area contributed by atoms with Gasteiger partial charge in [0, 0.05) is 36.6 Å². The van der Waals surface area contributed by atoms with Gasteiger partial charge in [-0.05, 0) is 82.6 Å². The highest BCUT2D eigenvalue weighted by atomic mass is 35.5. The van der Waals surface area contributed by atoms with E-state index in [0.717, 1.165) is 39.8 Å². The number of nitrogens with one attached hydrogen (secondary N) is 1. The van der Waals surface area contributed by atoms with Gasteiger partial charge >= 0.3 is 5.97 Å². The van der Waals surface area contributed by atoms with Crippen LogP contribution < -0.4 is 15.0 Å². The van der Waals surface area contributed by atoms with Gasteiger partial charge in [0.1, 0.15) is 17.5 Å². The van der Waals surface area contributed by atoms with E-state index in [2.05, 4.69) is 29.3 Å². The SMILES string of the molecule is CC[C@@H](c1ccccc1)N1Cc2cc3c(cc2C[C@H]1C(=O)NC(Cc1ccc(-c2ccc(Cl)cc2)cc1)C(=O)OC)N(C)C(=O)[C@H](c1ccc(O)cc1)O3. The second-order valence-electron chi connectivity index (χ2n) is 13.8. The van der Waals surface area contributed by atoms with Crippen LogP contribution in [0.5, 0.6) is 11.5 Å². The summed E-state index contributed by atoms with van der Waals surface area (Å²) in [5.41, 5.74) is 7.15. The number of ether oxygens (including phenoxy) is 2. The average molecular weight is 744 g/mol. The van der Waals surface area contributed by atoms with Crippen LogP contribution in [0.15, 0.2) is 115 Å². The number of carbonyl (C=O) groups excluding carboxylic acids is 3. The fourth-order valence-corrected chi connectivity index (χ4v) is 7.66. The number of methoxy groups -OCH3 is 1. The molecule has 0 aromatic heterocycles. The Hall–Kier alpha value is -5.64. The third-order valence-electron chi connectivity index (χ3n) is 10.5. The minimum absolute atomic E-state index is 0.0990. The monoisotopic (exact) mass is 743 g/mol. The summed E-state index contributed by atoms with van der Waals surface area (Å²) in [6.45, 7) is 2.54. The van der Waals surface area contributed by atoms with Crippen LogP contribution >= 0.6 is 11.6 Å². The summed E-state index contributed by atoms with van der Waals surface area (Å²) in [5.74, 6) is -0.379. The molecule has 2 heterocycles. The molecule has 0 aliphatic carbocycles. The van der Waals surface area contributed by atoms with E-state index in [9.17, 15) is 19.5 Å². The van der Waals surface area contributed by atoms with E-state index in [0.29, 0.717) is 35.0 Å². The Morgan fingerprint density at radius 3 is 2.24 bits per heavy atom.